The van der Waals surface area contributed by atoms with Gasteiger partial charge in [0.15, 0.2) is 0 Å². The smallest absolute Gasteiger partial charge is 0.303 e. The lowest BCUT2D eigenvalue weighted by molar-refractivity contribution is -0.137. The summed E-state index contributed by atoms with van der Waals surface area (Å²) in [5, 5.41) is 16.0. The number of rotatable bonds is 9. The van der Waals surface area contributed by atoms with Gasteiger partial charge in [0.1, 0.15) is 0 Å². The first-order valence-corrected chi connectivity index (χ1v) is 6.50. The molecule has 103 valence electrons. The molecule has 0 atom stereocenters. The van der Waals surface area contributed by atoms with E-state index < -0.39 is 5.97 Å². The first-order chi connectivity index (χ1) is 9.08. The number of aliphatic carboxylic acids is 1. The number of nitrogens with two attached hydrogens (primary N) is 1. The second-order valence-corrected chi connectivity index (χ2v) is 4.68. The van der Waals surface area contributed by atoms with Gasteiger partial charge in [0, 0.05) is 12.8 Å². The fraction of sp³-hybridized carbons (Fsp3) is 0.400. The Bertz CT molecular complexity index is 404. The maximum atomic E-state index is 10.5. The van der Waals surface area contributed by atoms with Crippen molar-refractivity contribution in [2.75, 3.05) is 0 Å². The van der Waals surface area contributed by atoms with E-state index in [0.717, 1.165) is 19.3 Å². The molecule has 0 bridgehead atoms. The van der Waals surface area contributed by atoms with E-state index in [1.807, 2.05) is 18.2 Å². The molecular weight excluding hydrogens is 240 g/mol. The normalized spacial score (nSPS) is 10.6. The van der Waals surface area contributed by atoms with E-state index >= 15 is 0 Å². The summed E-state index contributed by atoms with van der Waals surface area (Å²) in [6.45, 7) is 0. The summed E-state index contributed by atoms with van der Waals surface area (Å²) in [7, 11) is 0. The SMILES string of the molecule is N=C(N)CC[C](CCCC(=O)O)Cc1ccccc1. The predicted molar refractivity (Wildman–Crippen MR) is 76.0 cm³/mol. The van der Waals surface area contributed by atoms with Gasteiger partial charge in [-0.05, 0) is 37.2 Å². The first-order valence-electron chi connectivity index (χ1n) is 6.50. The van der Waals surface area contributed by atoms with Gasteiger partial charge in [-0.1, -0.05) is 30.3 Å². The molecule has 1 radical (unpaired) electrons. The van der Waals surface area contributed by atoms with E-state index in [9.17, 15) is 4.79 Å². The third-order valence-electron chi connectivity index (χ3n) is 2.97. The molecule has 0 aliphatic heterocycles. The lowest BCUT2D eigenvalue weighted by atomic mass is 9.90. The Morgan fingerprint density at radius 1 is 1.11 bits per heavy atom. The molecule has 0 fully saturated rings. The lowest BCUT2D eigenvalue weighted by Crippen LogP contribution is -2.12. The largest absolute Gasteiger partial charge is 0.481 e. The van der Waals surface area contributed by atoms with Crippen LogP contribution in [0.2, 0.25) is 0 Å². The minimum absolute atomic E-state index is 0.184. The van der Waals surface area contributed by atoms with Crippen molar-refractivity contribution in [2.24, 2.45) is 5.73 Å². The van der Waals surface area contributed by atoms with Crippen molar-refractivity contribution in [3.8, 4) is 0 Å². The third kappa shape index (κ3) is 7.24. The molecule has 0 unspecified atom stereocenters. The summed E-state index contributed by atoms with van der Waals surface area (Å²) < 4.78 is 0. The molecule has 0 aromatic heterocycles. The third-order valence-corrected chi connectivity index (χ3v) is 2.97. The molecule has 4 nitrogen and oxygen atoms in total. The van der Waals surface area contributed by atoms with Gasteiger partial charge in [-0.25, -0.2) is 0 Å². The van der Waals surface area contributed by atoms with E-state index in [1.165, 1.54) is 11.5 Å². The Morgan fingerprint density at radius 2 is 1.79 bits per heavy atom. The number of carboxylic acids is 1. The monoisotopic (exact) mass is 261 g/mol. The average molecular weight is 261 g/mol. The molecule has 0 saturated heterocycles. The lowest BCUT2D eigenvalue weighted by Gasteiger charge is -2.15. The van der Waals surface area contributed by atoms with E-state index in [1.54, 1.807) is 0 Å². The molecule has 0 aliphatic rings. The van der Waals surface area contributed by atoms with Crippen molar-refractivity contribution >= 4 is 11.8 Å². The predicted octanol–water partition coefficient (Wildman–Crippen LogP) is 2.77. The zero-order chi connectivity index (χ0) is 14.1. The Labute approximate surface area is 114 Å². The van der Waals surface area contributed by atoms with E-state index in [2.05, 4.69) is 12.1 Å². The minimum Gasteiger partial charge on any atom is -0.481 e. The fourth-order valence-corrected chi connectivity index (χ4v) is 1.99. The zero-order valence-electron chi connectivity index (χ0n) is 11.1. The van der Waals surface area contributed by atoms with Crippen LogP contribution in [0, 0.1) is 11.3 Å². The van der Waals surface area contributed by atoms with Crippen molar-refractivity contribution in [3.63, 3.8) is 0 Å². The second kappa shape index (κ2) is 8.29. The molecule has 19 heavy (non-hydrogen) atoms. The van der Waals surface area contributed by atoms with Crippen LogP contribution in [-0.2, 0) is 11.2 Å². The summed E-state index contributed by atoms with van der Waals surface area (Å²) in [4.78, 5) is 10.5. The van der Waals surface area contributed by atoms with E-state index in [0.29, 0.717) is 12.8 Å². The Morgan fingerprint density at radius 3 is 2.37 bits per heavy atom. The molecule has 1 aromatic rings. The highest BCUT2D eigenvalue weighted by Gasteiger charge is 2.12. The van der Waals surface area contributed by atoms with Crippen LogP contribution in [0.5, 0.6) is 0 Å². The molecule has 1 aromatic carbocycles. The molecule has 4 N–H and O–H groups in total. The molecule has 0 amide bonds. The Balaban J connectivity index is 2.48. The van der Waals surface area contributed by atoms with E-state index in [-0.39, 0.29) is 12.3 Å². The summed E-state index contributed by atoms with van der Waals surface area (Å²) in [5.74, 6) is 0.692. The van der Waals surface area contributed by atoms with Crippen molar-refractivity contribution in [2.45, 2.75) is 38.5 Å². The standard InChI is InChI=1S/C15H21N2O2/c16-14(17)10-9-13(7-4-8-15(18)19)11-12-5-2-1-3-6-12/h1-3,5-6H,4,7-11H2,(H3,16,17)(H,18,19). The van der Waals surface area contributed by atoms with Crippen LogP contribution in [0.3, 0.4) is 0 Å². The van der Waals surface area contributed by atoms with Gasteiger partial charge in [0.2, 0.25) is 0 Å². The van der Waals surface area contributed by atoms with Crippen LogP contribution in [0.25, 0.3) is 0 Å². The number of benzene rings is 1. The highest BCUT2D eigenvalue weighted by atomic mass is 16.4. The summed E-state index contributed by atoms with van der Waals surface area (Å²) in [6, 6.07) is 10.1. The summed E-state index contributed by atoms with van der Waals surface area (Å²) in [6.07, 6.45) is 3.79. The van der Waals surface area contributed by atoms with Crippen molar-refractivity contribution in [1.29, 1.82) is 5.41 Å². The van der Waals surface area contributed by atoms with Gasteiger partial charge in [-0.2, -0.15) is 0 Å². The van der Waals surface area contributed by atoms with Gasteiger partial charge in [-0.15, -0.1) is 0 Å². The van der Waals surface area contributed by atoms with Gasteiger partial charge in [0.05, 0.1) is 5.84 Å². The number of hydrogen-bond acceptors (Lipinski definition) is 2. The highest BCUT2D eigenvalue weighted by Crippen LogP contribution is 2.22. The van der Waals surface area contributed by atoms with Crippen molar-refractivity contribution in [3.05, 3.63) is 41.8 Å². The molecule has 1 rings (SSSR count). The van der Waals surface area contributed by atoms with Crippen LogP contribution < -0.4 is 5.73 Å². The fourth-order valence-electron chi connectivity index (χ4n) is 1.99. The minimum atomic E-state index is -0.759. The van der Waals surface area contributed by atoms with Crippen LogP contribution in [0.15, 0.2) is 30.3 Å². The van der Waals surface area contributed by atoms with E-state index in [4.69, 9.17) is 16.2 Å². The van der Waals surface area contributed by atoms with Gasteiger partial charge < -0.3 is 10.8 Å². The Kier molecular flexibility index (Phi) is 6.64. The first kappa shape index (κ1) is 15.2. The van der Waals surface area contributed by atoms with Crippen LogP contribution in [-0.4, -0.2) is 16.9 Å². The van der Waals surface area contributed by atoms with Crippen LogP contribution in [0.1, 0.15) is 37.7 Å². The molecule has 0 heterocycles. The van der Waals surface area contributed by atoms with Gasteiger partial charge >= 0.3 is 5.97 Å². The number of carbonyl (C=O) groups is 1. The molecular formula is C15H21N2O2. The number of hydrogen-bond donors (Lipinski definition) is 3. The van der Waals surface area contributed by atoms with Gasteiger partial charge in [0.25, 0.3) is 0 Å². The molecule has 4 heteroatoms. The molecule has 0 aliphatic carbocycles. The number of amidine groups is 1. The average Bonchev–Trinajstić information content (AvgIpc) is 2.36. The van der Waals surface area contributed by atoms with Crippen molar-refractivity contribution in [1.82, 2.24) is 0 Å². The van der Waals surface area contributed by atoms with Crippen LogP contribution >= 0.6 is 0 Å². The van der Waals surface area contributed by atoms with Crippen LogP contribution in [0.4, 0.5) is 0 Å². The Hall–Kier alpha value is -1.84. The highest BCUT2D eigenvalue weighted by molar-refractivity contribution is 5.76. The second-order valence-electron chi connectivity index (χ2n) is 4.68. The molecule has 0 spiro atoms. The van der Waals surface area contributed by atoms with Crippen molar-refractivity contribution < 1.29 is 9.90 Å². The zero-order valence-corrected chi connectivity index (χ0v) is 11.1. The summed E-state index contributed by atoms with van der Waals surface area (Å²) >= 11 is 0. The van der Waals surface area contributed by atoms with Gasteiger partial charge in [-0.3, -0.25) is 10.2 Å². The maximum Gasteiger partial charge on any atom is 0.303 e. The quantitative estimate of drug-likeness (QED) is 0.472. The summed E-state index contributed by atoms with van der Waals surface area (Å²) in [5.41, 5.74) is 6.61. The molecule has 0 saturated carbocycles. The maximum absolute atomic E-state index is 10.5. The topological polar surface area (TPSA) is 87.2 Å². The number of nitrogens with one attached hydrogen (secondary N) is 1. The number of carboxylic acid groups (broad SMARTS) is 1.